The summed E-state index contributed by atoms with van der Waals surface area (Å²) in [4.78, 5) is 12.9. The second kappa shape index (κ2) is 4.86. The van der Waals surface area contributed by atoms with Crippen LogP contribution in [0.5, 0.6) is 0 Å². The Morgan fingerprint density at radius 3 is 2.62 bits per heavy atom. The fraction of sp³-hybridized carbons (Fsp3) is 0.700. The molecule has 0 aromatic heterocycles. The number of nitrogens with zero attached hydrogens (tertiary/aromatic N) is 1. The maximum atomic E-state index is 12.3. The van der Waals surface area contributed by atoms with Crippen LogP contribution in [0.2, 0.25) is 0 Å². The van der Waals surface area contributed by atoms with Crippen LogP contribution in [0.1, 0.15) is 19.8 Å². The summed E-state index contributed by atoms with van der Waals surface area (Å²) < 4.78 is 36.9. The van der Waals surface area contributed by atoms with Gasteiger partial charge in [-0.15, -0.1) is 0 Å². The Hall–Kier alpha value is -1.04. The van der Waals surface area contributed by atoms with E-state index in [-0.39, 0.29) is 37.9 Å². The highest BCUT2D eigenvalue weighted by molar-refractivity contribution is 5.77. The zero-order valence-electron chi connectivity index (χ0n) is 9.05. The van der Waals surface area contributed by atoms with Gasteiger partial charge in [-0.25, -0.2) is 0 Å². The fourth-order valence-corrected chi connectivity index (χ4v) is 1.56. The van der Waals surface area contributed by atoms with Crippen LogP contribution in [0.25, 0.3) is 0 Å². The lowest BCUT2D eigenvalue weighted by molar-refractivity contribution is -0.132. The number of hydrogen-bond acceptors (Lipinski definition) is 2. The van der Waals surface area contributed by atoms with E-state index in [4.69, 9.17) is 5.73 Å². The molecule has 0 aromatic rings. The number of rotatable bonds is 2. The third-order valence-corrected chi connectivity index (χ3v) is 2.42. The van der Waals surface area contributed by atoms with Gasteiger partial charge < -0.3 is 10.6 Å². The summed E-state index contributed by atoms with van der Waals surface area (Å²) in [5, 5.41) is 0. The Labute approximate surface area is 92.1 Å². The highest BCUT2D eigenvalue weighted by atomic mass is 19.4. The molecule has 0 fully saturated rings. The topological polar surface area (TPSA) is 46.3 Å². The van der Waals surface area contributed by atoms with E-state index >= 15 is 0 Å². The lowest BCUT2D eigenvalue weighted by atomic mass is 10.1. The van der Waals surface area contributed by atoms with Crippen molar-refractivity contribution in [2.45, 2.75) is 32.0 Å². The average Bonchev–Trinajstić information content (AvgIpc) is 2.15. The van der Waals surface area contributed by atoms with E-state index in [0.717, 1.165) is 6.08 Å². The number of amides is 1. The van der Waals surface area contributed by atoms with Crippen LogP contribution in [-0.4, -0.2) is 36.1 Å². The van der Waals surface area contributed by atoms with Crippen molar-refractivity contribution in [1.29, 1.82) is 0 Å². The summed E-state index contributed by atoms with van der Waals surface area (Å²) in [5.41, 5.74) is 4.91. The second-order valence-electron chi connectivity index (χ2n) is 4.00. The number of hydrogen-bond donors (Lipinski definition) is 1. The lowest BCUT2D eigenvalue weighted by Gasteiger charge is -2.27. The minimum Gasteiger partial charge on any atom is -0.339 e. The lowest BCUT2D eigenvalue weighted by Crippen LogP contribution is -2.39. The quantitative estimate of drug-likeness (QED) is 0.737. The zero-order valence-corrected chi connectivity index (χ0v) is 9.05. The molecule has 16 heavy (non-hydrogen) atoms. The van der Waals surface area contributed by atoms with Gasteiger partial charge in [-0.2, -0.15) is 13.2 Å². The van der Waals surface area contributed by atoms with Crippen LogP contribution >= 0.6 is 0 Å². The number of nitrogens with two attached hydrogens (primary N) is 1. The van der Waals surface area contributed by atoms with Crippen LogP contribution in [0.15, 0.2) is 11.6 Å². The van der Waals surface area contributed by atoms with Gasteiger partial charge in [0.15, 0.2) is 0 Å². The molecule has 0 saturated heterocycles. The molecular weight excluding hydrogens is 221 g/mol. The van der Waals surface area contributed by atoms with Crippen molar-refractivity contribution in [3.05, 3.63) is 11.6 Å². The predicted molar refractivity (Wildman–Crippen MR) is 53.6 cm³/mol. The van der Waals surface area contributed by atoms with Gasteiger partial charge in [-0.1, -0.05) is 6.08 Å². The Morgan fingerprint density at radius 1 is 1.62 bits per heavy atom. The van der Waals surface area contributed by atoms with Crippen molar-refractivity contribution in [1.82, 2.24) is 4.90 Å². The van der Waals surface area contributed by atoms with E-state index in [9.17, 15) is 18.0 Å². The van der Waals surface area contributed by atoms with E-state index in [1.807, 2.05) is 0 Å². The van der Waals surface area contributed by atoms with E-state index in [1.54, 1.807) is 6.92 Å². The SMILES string of the molecule is CC(N)CC(=O)N1CC=C(C(F)(F)F)CC1. The van der Waals surface area contributed by atoms with Crippen LogP contribution in [0, 0.1) is 0 Å². The van der Waals surface area contributed by atoms with Crippen molar-refractivity contribution in [2.24, 2.45) is 5.73 Å². The minimum absolute atomic E-state index is 0.0282. The highest BCUT2D eigenvalue weighted by Crippen LogP contribution is 2.30. The van der Waals surface area contributed by atoms with E-state index in [0.29, 0.717) is 0 Å². The Bertz CT molecular complexity index is 297. The first-order valence-electron chi connectivity index (χ1n) is 5.10. The monoisotopic (exact) mass is 236 g/mol. The Kier molecular flexibility index (Phi) is 3.96. The van der Waals surface area contributed by atoms with Gasteiger partial charge >= 0.3 is 6.18 Å². The highest BCUT2D eigenvalue weighted by Gasteiger charge is 2.35. The maximum Gasteiger partial charge on any atom is 0.412 e. The van der Waals surface area contributed by atoms with Crippen LogP contribution in [0.3, 0.4) is 0 Å². The maximum absolute atomic E-state index is 12.3. The number of halogens is 3. The molecule has 1 aliphatic rings. The average molecular weight is 236 g/mol. The number of alkyl halides is 3. The number of carbonyl (C=O) groups excluding carboxylic acids is 1. The molecule has 0 aromatic carbocycles. The largest absolute Gasteiger partial charge is 0.412 e. The molecule has 0 saturated carbocycles. The summed E-state index contributed by atoms with van der Waals surface area (Å²) in [5.74, 6) is -0.188. The van der Waals surface area contributed by atoms with Crippen LogP contribution in [-0.2, 0) is 4.79 Å². The third-order valence-electron chi connectivity index (χ3n) is 2.42. The second-order valence-corrected chi connectivity index (χ2v) is 4.00. The summed E-state index contributed by atoms with van der Waals surface area (Å²) >= 11 is 0. The van der Waals surface area contributed by atoms with E-state index in [2.05, 4.69) is 0 Å². The first-order valence-corrected chi connectivity index (χ1v) is 5.10. The van der Waals surface area contributed by atoms with Crippen molar-refractivity contribution >= 4 is 5.91 Å². The summed E-state index contributed by atoms with van der Waals surface area (Å²) in [6.07, 6.45) is -3.15. The predicted octanol–water partition coefficient (Wildman–Crippen LogP) is 1.44. The van der Waals surface area contributed by atoms with Gasteiger partial charge in [0.1, 0.15) is 0 Å². The Balaban J connectivity index is 2.54. The molecule has 6 heteroatoms. The molecule has 92 valence electrons. The summed E-state index contributed by atoms with van der Waals surface area (Å²) in [6, 6.07) is -0.263. The molecule has 2 N–H and O–H groups in total. The molecule has 1 rings (SSSR count). The molecular formula is C10H15F3N2O. The van der Waals surface area contributed by atoms with Gasteiger partial charge in [-0.3, -0.25) is 4.79 Å². The van der Waals surface area contributed by atoms with Crippen molar-refractivity contribution in [3.63, 3.8) is 0 Å². The van der Waals surface area contributed by atoms with E-state index < -0.39 is 11.7 Å². The van der Waals surface area contributed by atoms with Crippen molar-refractivity contribution in [2.75, 3.05) is 13.1 Å². The molecule has 1 heterocycles. The smallest absolute Gasteiger partial charge is 0.339 e. The van der Waals surface area contributed by atoms with Crippen molar-refractivity contribution < 1.29 is 18.0 Å². The van der Waals surface area contributed by atoms with Crippen LogP contribution < -0.4 is 5.73 Å². The van der Waals surface area contributed by atoms with Gasteiger partial charge in [0.05, 0.1) is 0 Å². The minimum atomic E-state index is -4.27. The van der Waals surface area contributed by atoms with Gasteiger partial charge in [0, 0.05) is 31.1 Å². The zero-order chi connectivity index (χ0) is 12.3. The summed E-state index contributed by atoms with van der Waals surface area (Å²) in [6.45, 7) is 1.84. The first-order chi connectivity index (χ1) is 7.30. The molecule has 1 aliphatic heterocycles. The van der Waals surface area contributed by atoms with Gasteiger partial charge in [0.25, 0.3) is 0 Å². The molecule has 0 spiro atoms. The van der Waals surface area contributed by atoms with E-state index in [1.165, 1.54) is 4.90 Å². The molecule has 0 radical (unpaired) electrons. The summed E-state index contributed by atoms with van der Waals surface area (Å²) in [7, 11) is 0. The standard InChI is InChI=1S/C10H15F3N2O/c1-7(14)6-9(16)15-4-2-8(3-5-15)10(11,12)13/h2,7H,3-6,14H2,1H3. The fourth-order valence-electron chi connectivity index (χ4n) is 1.56. The van der Waals surface area contributed by atoms with Crippen LogP contribution in [0.4, 0.5) is 13.2 Å². The molecule has 1 amide bonds. The first kappa shape index (κ1) is 13.0. The molecule has 1 unspecified atom stereocenters. The normalized spacial score (nSPS) is 19.3. The van der Waals surface area contributed by atoms with Gasteiger partial charge in [0.2, 0.25) is 5.91 Å². The molecule has 1 atom stereocenters. The third kappa shape index (κ3) is 3.52. The number of carbonyl (C=O) groups is 1. The Morgan fingerprint density at radius 2 is 2.25 bits per heavy atom. The molecule has 0 aliphatic carbocycles. The van der Waals surface area contributed by atoms with Crippen molar-refractivity contribution in [3.8, 4) is 0 Å². The molecule has 0 bridgehead atoms. The van der Waals surface area contributed by atoms with Gasteiger partial charge in [-0.05, 0) is 13.3 Å². The molecule has 3 nitrogen and oxygen atoms in total.